The average molecular weight is 328 g/mol. The monoisotopic (exact) mass is 327 g/mol. The number of aromatic hydroxyl groups is 1. The molecule has 3 rings (SSSR count). The number of fused-ring (bicyclic) bond motifs is 1. The molecule has 0 unspecified atom stereocenters. The normalized spacial score (nSPS) is 11.4. The van der Waals surface area contributed by atoms with E-state index in [-0.39, 0.29) is 11.3 Å². The van der Waals surface area contributed by atoms with Crippen LogP contribution in [0.3, 0.4) is 0 Å². The van der Waals surface area contributed by atoms with Gasteiger partial charge in [-0.05, 0) is 30.3 Å². The molecular weight excluding hydrogens is 314 g/mol. The number of aromatic nitrogens is 2. The van der Waals surface area contributed by atoms with Crippen molar-refractivity contribution in [2.75, 3.05) is 0 Å². The number of hydrogen-bond donors (Lipinski definition) is 1. The van der Waals surface area contributed by atoms with E-state index in [2.05, 4.69) is 10.1 Å². The molecule has 0 amide bonds. The Kier molecular flexibility index (Phi) is 4.12. The van der Waals surface area contributed by atoms with E-state index in [1.54, 1.807) is 30.3 Å². The molecule has 0 radical (unpaired) electrons. The second-order valence-electron chi connectivity index (χ2n) is 4.96. The molecule has 0 saturated heterocycles. The first-order valence-electron chi connectivity index (χ1n) is 7.13. The van der Waals surface area contributed by atoms with Gasteiger partial charge >= 0.3 is 0 Å². The summed E-state index contributed by atoms with van der Waals surface area (Å²) in [7, 11) is 0. The maximum atomic E-state index is 12.6. The molecule has 2 aromatic carbocycles. The maximum Gasteiger partial charge on any atom is 0.282 e. The topological polar surface area (TPSA) is 67.5 Å². The third-order valence-corrected chi connectivity index (χ3v) is 3.67. The summed E-state index contributed by atoms with van der Waals surface area (Å²) in [6.45, 7) is 1.90. The summed E-state index contributed by atoms with van der Waals surface area (Å²) >= 11 is 5.91. The SMILES string of the molecule is CCc1nc2ccccc2c(=O)n1/N=C/c1cc(Cl)ccc1O. The number of rotatable bonds is 3. The second-order valence-corrected chi connectivity index (χ2v) is 5.40. The van der Waals surface area contributed by atoms with E-state index >= 15 is 0 Å². The highest BCUT2D eigenvalue weighted by molar-refractivity contribution is 6.30. The Hall–Kier alpha value is -2.66. The quantitative estimate of drug-likeness (QED) is 0.751. The summed E-state index contributed by atoms with van der Waals surface area (Å²) in [6, 6.07) is 11.8. The Labute approximate surface area is 137 Å². The minimum atomic E-state index is -0.245. The van der Waals surface area contributed by atoms with Gasteiger partial charge in [-0.25, -0.2) is 4.98 Å². The Balaban J connectivity index is 2.16. The minimum Gasteiger partial charge on any atom is -0.507 e. The second kappa shape index (κ2) is 6.22. The molecular formula is C17H14ClN3O2. The van der Waals surface area contributed by atoms with Crippen molar-refractivity contribution in [2.45, 2.75) is 13.3 Å². The largest absolute Gasteiger partial charge is 0.507 e. The van der Waals surface area contributed by atoms with Gasteiger partial charge in [-0.3, -0.25) is 4.79 Å². The van der Waals surface area contributed by atoms with E-state index in [1.165, 1.54) is 17.0 Å². The first-order valence-corrected chi connectivity index (χ1v) is 7.51. The smallest absolute Gasteiger partial charge is 0.282 e. The lowest BCUT2D eigenvalue weighted by molar-refractivity contribution is 0.474. The van der Waals surface area contributed by atoms with Crippen molar-refractivity contribution in [3.63, 3.8) is 0 Å². The third-order valence-electron chi connectivity index (χ3n) is 3.44. The number of phenols is 1. The maximum absolute atomic E-state index is 12.6. The number of nitrogens with zero attached hydrogens (tertiary/aromatic N) is 3. The molecule has 0 spiro atoms. The van der Waals surface area contributed by atoms with Crippen LogP contribution in [0.2, 0.25) is 5.02 Å². The Morgan fingerprint density at radius 3 is 2.87 bits per heavy atom. The van der Waals surface area contributed by atoms with Crippen LogP contribution in [0.25, 0.3) is 10.9 Å². The molecule has 0 fully saturated rings. The van der Waals surface area contributed by atoms with Crippen LogP contribution in [0.15, 0.2) is 52.4 Å². The molecule has 0 aliphatic carbocycles. The molecule has 1 N–H and O–H groups in total. The van der Waals surface area contributed by atoms with E-state index < -0.39 is 0 Å². The van der Waals surface area contributed by atoms with Crippen LogP contribution in [0, 0.1) is 0 Å². The van der Waals surface area contributed by atoms with E-state index in [1.807, 2.05) is 13.0 Å². The fourth-order valence-corrected chi connectivity index (χ4v) is 2.45. The van der Waals surface area contributed by atoms with Crippen molar-refractivity contribution < 1.29 is 5.11 Å². The van der Waals surface area contributed by atoms with Gasteiger partial charge in [0.2, 0.25) is 0 Å². The summed E-state index contributed by atoms with van der Waals surface area (Å²) in [5.74, 6) is 0.587. The van der Waals surface area contributed by atoms with Crippen LogP contribution in [-0.2, 0) is 6.42 Å². The molecule has 0 aliphatic rings. The predicted molar refractivity (Wildman–Crippen MR) is 91.5 cm³/mol. The molecule has 116 valence electrons. The lowest BCUT2D eigenvalue weighted by Crippen LogP contribution is -2.22. The van der Waals surface area contributed by atoms with Crippen molar-refractivity contribution >= 4 is 28.7 Å². The van der Waals surface area contributed by atoms with Gasteiger partial charge in [-0.15, -0.1) is 0 Å². The fourth-order valence-electron chi connectivity index (χ4n) is 2.27. The Morgan fingerprint density at radius 1 is 1.30 bits per heavy atom. The van der Waals surface area contributed by atoms with Crippen LogP contribution in [-0.4, -0.2) is 21.0 Å². The van der Waals surface area contributed by atoms with E-state index in [0.717, 1.165) is 0 Å². The van der Waals surface area contributed by atoms with E-state index in [9.17, 15) is 9.90 Å². The fraction of sp³-hybridized carbons (Fsp3) is 0.118. The standard InChI is InChI=1S/C17H14ClN3O2/c1-2-16-20-14-6-4-3-5-13(14)17(23)21(16)19-10-11-9-12(18)7-8-15(11)22/h3-10,22H,2H2,1H3/b19-10+. The van der Waals surface area contributed by atoms with Crippen molar-refractivity contribution in [1.82, 2.24) is 9.66 Å². The van der Waals surface area contributed by atoms with Gasteiger partial charge in [0.15, 0.2) is 0 Å². The molecule has 6 heteroatoms. The highest BCUT2D eigenvalue weighted by Crippen LogP contribution is 2.19. The van der Waals surface area contributed by atoms with Crippen LogP contribution in [0.1, 0.15) is 18.3 Å². The van der Waals surface area contributed by atoms with Gasteiger partial charge < -0.3 is 5.11 Å². The highest BCUT2D eigenvalue weighted by atomic mass is 35.5. The van der Waals surface area contributed by atoms with Crippen molar-refractivity contribution in [2.24, 2.45) is 5.10 Å². The van der Waals surface area contributed by atoms with Crippen LogP contribution < -0.4 is 5.56 Å². The van der Waals surface area contributed by atoms with Gasteiger partial charge in [-0.1, -0.05) is 30.7 Å². The molecule has 0 atom stereocenters. The number of aryl methyl sites for hydroxylation is 1. The van der Waals surface area contributed by atoms with E-state index in [4.69, 9.17) is 11.6 Å². The zero-order valence-corrected chi connectivity index (χ0v) is 13.2. The van der Waals surface area contributed by atoms with Gasteiger partial charge in [0.1, 0.15) is 11.6 Å². The average Bonchev–Trinajstić information content (AvgIpc) is 2.56. The van der Waals surface area contributed by atoms with Crippen LogP contribution >= 0.6 is 11.6 Å². The molecule has 0 aliphatic heterocycles. The molecule has 0 saturated carbocycles. The van der Waals surface area contributed by atoms with Crippen LogP contribution in [0.4, 0.5) is 0 Å². The summed E-state index contributed by atoms with van der Waals surface area (Å²) in [4.78, 5) is 17.1. The Bertz CT molecular complexity index is 964. The third kappa shape index (κ3) is 2.96. The summed E-state index contributed by atoms with van der Waals surface area (Å²) < 4.78 is 1.25. The van der Waals surface area contributed by atoms with Crippen molar-refractivity contribution in [3.8, 4) is 5.75 Å². The summed E-state index contributed by atoms with van der Waals surface area (Å²) in [5.41, 5.74) is 0.830. The lowest BCUT2D eigenvalue weighted by Gasteiger charge is -2.07. The molecule has 1 heterocycles. The first kappa shape index (κ1) is 15.2. The molecule has 0 bridgehead atoms. The number of hydrogen-bond acceptors (Lipinski definition) is 4. The summed E-state index contributed by atoms with van der Waals surface area (Å²) in [5, 5.41) is 15.0. The van der Waals surface area contributed by atoms with Crippen molar-refractivity contribution in [1.29, 1.82) is 0 Å². The molecule has 1 aromatic heterocycles. The van der Waals surface area contributed by atoms with Gasteiger partial charge in [-0.2, -0.15) is 9.78 Å². The lowest BCUT2D eigenvalue weighted by atomic mass is 10.2. The molecule has 5 nitrogen and oxygen atoms in total. The first-order chi connectivity index (χ1) is 11.1. The number of benzene rings is 2. The van der Waals surface area contributed by atoms with Crippen LogP contribution in [0.5, 0.6) is 5.75 Å². The zero-order chi connectivity index (χ0) is 16.4. The van der Waals surface area contributed by atoms with Crippen molar-refractivity contribution in [3.05, 3.63) is 69.2 Å². The highest BCUT2D eigenvalue weighted by Gasteiger charge is 2.08. The number of para-hydroxylation sites is 1. The summed E-state index contributed by atoms with van der Waals surface area (Å²) in [6.07, 6.45) is 1.96. The number of halogens is 1. The minimum absolute atomic E-state index is 0.0398. The Morgan fingerprint density at radius 2 is 2.09 bits per heavy atom. The van der Waals surface area contributed by atoms with Gasteiger partial charge in [0, 0.05) is 17.0 Å². The van der Waals surface area contributed by atoms with Gasteiger partial charge in [0.05, 0.1) is 17.1 Å². The van der Waals surface area contributed by atoms with E-state index in [0.29, 0.717) is 33.7 Å². The van der Waals surface area contributed by atoms with Gasteiger partial charge in [0.25, 0.3) is 5.56 Å². The zero-order valence-electron chi connectivity index (χ0n) is 12.4. The predicted octanol–water partition coefficient (Wildman–Crippen LogP) is 3.20. The molecule has 3 aromatic rings. The molecule has 23 heavy (non-hydrogen) atoms. The number of phenolic OH excluding ortho intramolecular Hbond substituents is 1.